The van der Waals surface area contributed by atoms with Crippen LogP contribution in [-0.4, -0.2) is 61.2 Å². The van der Waals surface area contributed by atoms with E-state index in [4.69, 9.17) is 10.1 Å². The molecule has 0 aliphatic carbocycles. The van der Waals surface area contributed by atoms with Gasteiger partial charge in [-0.2, -0.15) is 0 Å². The average Bonchev–Trinajstić information content (AvgIpc) is 3.20. The van der Waals surface area contributed by atoms with Gasteiger partial charge in [0.15, 0.2) is 0 Å². The lowest BCUT2D eigenvalue weighted by molar-refractivity contribution is -0.137. The number of nitrogens with one attached hydrogen (secondary N) is 1. The maximum Gasteiger partial charge on any atom is 0.303 e. The van der Waals surface area contributed by atoms with Gasteiger partial charge in [0.25, 0.3) is 0 Å². The van der Waals surface area contributed by atoms with Crippen LogP contribution in [0.1, 0.15) is 29.0 Å². The van der Waals surface area contributed by atoms with Crippen molar-refractivity contribution in [2.45, 2.75) is 18.8 Å². The number of amides is 2. The number of aliphatic carboxylic acids is 1. The summed E-state index contributed by atoms with van der Waals surface area (Å²) in [4.78, 5) is 44.6. The smallest absolute Gasteiger partial charge is 0.303 e. The molecular weight excluding hydrogens is 487 g/mol. The lowest BCUT2D eigenvalue weighted by Crippen LogP contribution is -2.34. The van der Waals surface area contributed by atoms with Crippen molar-refractivity contribution in [3.8, 4) is 0 Å². The molecule has 4 rings (SSSR count). The number of carboxylic acids is 1. The van der Waals surface area contributed by atoms with Gasteiger partial charge in [-0.05, 0) is 73.6 Å². The molecule has 2 amide bonds. The van der Waals surface area contributed by atoms with E-state index in [0.717, 1.165) is 5.56 Å². The Kier molecular flexibility index (Phi) is 7.97. The quantitative estimate of drug-likeness (QED) is 0.415. The van der Waals surface area contributed by atoms with Crippen molar-refractivity contribution in [1.29, 1.82) is 0 Å². The molecule has 0 bridgehead atoms. The Hall–Kier alpha value is -4.37. The zero-order valence-electron chi connectivity index (χ0n) is 21.4. The highest BCUT2D eigenvalue weighted by Gasteiger charge is 2.35. The first-order valence-corrected chi connectivity index (χ1v) is 12.1. The molecule has 1 heterocycles. The SMILES string of the molecule is CN(C)CC(=O)N(C)c1ccc(N=C(c2ccc(CCC(=O)O)cc2)C2C(=O)Nc3cc(F)ccc32)cc1. The molecule has 0 saturated heterocycles. The minimum Gasteiger partial charge on any atom is -0.481 e. The standard InChI is InChI=1S/C29H29FN4O4/c1-33(2)17-25(35)34(3)22-12-10-21(11-13-22)31-28(19-7-4-18(5-8-19)6-15-26(36)37)27-23-14-9-20(30)16-24(23)32-29(27)38/h4-5,7-14,16,27H,6,15,17H2,1-3H3,(H,32,38)(H,36,37). The van der Waals surface area contributed by atoms with Crippen LogP contribution in [0.2, 0.25) is 0 Å². The summed E-state index contributed by atoms with van der Waals surface area (Å²) in [6.45, 7) is 0.278. The Labute approximate surface area is 220 Å². The number of likely N-dealkylation sites (N-methyl/N-ethyl adjacent to an activating group) is 2. The zero-order chi connectivity index (χ0) is 27.4. The fourth-order valence-corrected chi connectivity index (χ4v) is 4.31. The summed E-state index contributed by atoms with van der Waals surface area (Å²) in [7, 11) is 5.37. The van der Waals surface area contributed by atoms with E-state index in [-0.39, 0.29) is 24.8 Å². The highest BCUT2D eigenvalue weighted by molar-refractivity contribution is 6.24. The molecule has 196 valence electrons. The Morgan fingerprint density at radius 3 is 2.32 bits per heavy atom. The van der Waals surface area contributed by atoms with Gasteiger partial charge in [-0.1, -0.05) is 30.3 Å². The number of benzene rings is 3. The van der Waals surface area contributed by atoms with Gasteiger partial charge in [-0.25, -0.2) is 4.39 Å². The summed E-state index contributed by atoms with van der Waals surface area (Å²) in [5.41, 5.74) is 4.32. The van der Waals surface area contributed by atoms with Crippen molar-refractivity contribution in [2.75, 3.05) is 37.9 Å². The topological polar surface area (TPSA) is 102 Å². The fraction of sp³-hybridized carbons (Fsp3) is 0.241. The first-order valence-electron chi connectivity index (χ1n) is 12.1. The van der Waals surface area contributed by atoms with Gasteiger partial charge in [0.05, 0.1) is 17.9 Å². The van der Waals surface area contributed by atoms with Gasteiger partial charge in [-0.3, -0.25) is 19.4 Å². The first-order chi connectivity index (χ1) is 18.1. The largest absolute Gasteiger partial charge is 0.481 e. The number of carboxylic acid groups (broad SMARTS) is 1. The van der Waals surface area contributed by atoms with E-state index in [9.17, 15) is 18.8 Å². The number of halogens is 1. The number of aryl methyl sites for hydroxylation is 1. The van der Waals surface area contributed by atoms with E-state index >= 15 is 0 Å². The highest BCUT2D eigenvalue weighted by atomic mass is 19.1. The van der Waals surface area contributed by atoms with Crippen molar-refractivity contribution in [3.63, 3.8) is 0 Å². The first kappa shape index (κ1) is 26.7. The van der Waals surface area contributed by atoms with E-state index in [2.05, 4.69) is 5.32 Å². The van der Waals surface area contributed by atoms with Gasteiger partial charge in [0.2, 0.25) is 11.8 Å². The number of aliphatic imine (C=N–C) groups is 1. The molecule has 0 spiro atoms. The molecule has 1 atom stereocenters. The van der Waals surface area contributed by atoms with Crippen molar-refractivity contribution < 1.29 is 23.9 Å². The van der Waals surface area contributed by atoms with Crippen LogP contribution in [0, 0.1) is 5.82 Å². The minimum absolute atomic E-state index is 0.0160. The van der Waals surface area contributed by atoms with Crippen molar-refractivity contribution in [1.82, 2.24) is 4.90 Å². The molecule has 2 N–H and O–H groups in total. The summed E-state index contributed by atoms with van der Waals surface area (Å²) < 4.78 is 13.8. The van der Waals surface area contributed by atoms with E-state index < -0.39 is 17.7 Å². The second-order valence-corrected chi connectivity index (χ2v) is 9.45. The van der Waals surface area contributed by atoms with Crippen LogP contribution in [0.5, 0.6) is 0 Å². The summed E-state index contributed by atoms with van der Waals surface area (Å²) in [5.74, 6) is -2.46. The molecule has 8 nitrogen and oxygen atoms in total. The van der Waals surface area contributed by atoms with Gasteiger partial charge in [0.1, 0.15) is 11.7 Å². The molecular formula is C29H29FN4O4. The van der Waals surface area contributed by atoms with Crippen LogP contribution >= 0.6 is 0 Å². The molecule has 0 fully saturated rings. The van der Waals surface area contributed by atoms with E-state index in [0.29, 0.717) is 40.3 Å². The van der Waals surface area contributed by atoms with Crippen LogP contribution in [0.4, 0.5) is 21.5 Å². The third kappa shape index (κ3) is 6.12. The number of carbonyl (C=O) groups is 3. The minimum atomic E-state index is -0.875. The lowest BCUT2D eigenvalue weighted by atomic mass is 9.90. The number of hydrogen-bond acceptors (Lipinski definition) is 5. The maximum absolute atomic E-state index is 13.8. The average molecular weight is 517 g/mol. The number of fused-ring (bicyclic) bond motifs is 1. The van der Waals surface area contributed by atoms with Crippen LogP contribution < -0.4 is 10.2 Å². The predicted molar refractivity (Wildman–Crippen MR) is 145 cm³/mol. The predicted octanol–water partition coefficient (Wildman–Crippen LogP) is 4.22. The Bertz CT molecular complexity index is 1380. The number of hydrogen-bond donors (Lipinski definition) is 2. The number of nitrogens with zero attached hydrogens (tertiary/aromatic N) is 3. The van der Waals surface area contributed by atoms with Gasteiger partial charge in [0, 0.05) is 24.8 Å². The highest BCUT2D eigenvalue weighted by Crippen LogP contribution is 2.37. The van der Waals surface area contributed by atoms with Crippen LogP contribution in [0.25, 0.3) is 0 Å². The molecule has 0 radical (unpaired) electrons. The second kappa shape index (κ2) is 11.4. The number of anilines is 2. The molecule has 1 unspecified atom stereocenters. The van der Waals surface area contributed by atoms with Crippen LogP contribution in [-0.2, 0) is 20.8 Å². The zero-order valence-corrected chi connectivity index (χ0v) is 21.4. The number of rotatable bonds is 9. The summed E-state index contributed by atoms with van der Waals surface area (Å²) >= 11 is 0. The molecule has 9 heteroatoms. The second-order valence-electron chi connectivity index (χ2n) is 9.45. The van der Waals surface area contributed by atoms with Gasteiger partial charge < -0.3 is 20.2 Å². The van der Waals surface area contributed by atoms with E-state index in [1.807, 2.05) is 38.4 Å². The third-order valence-electron chi connectivity index (χ3n) is 6.31. The molecule has 1 aliphatic rings. The Morgan fingerprint density at radius 1 is 1.00 bits per heavy atom. The molecule has 0 saturated carbocycles. The van der Waals surface area contributed by atoms with Gasteiger partial charge >= 0.3 is 5.97 Å². The van der Waals surface area contributed by atoms with Gasteiger partial charge in [-0.15, -0.1) is 0 Å². The maximum atomic E-state index is 13.8. The summed E-state index contributed by atoms with van der Waals surface area (Å²) in [5, 5.41) is 11.7. The molecule has 1 aliphatic heterocycles. The normalized spacial score (nSPS) is 14.8. The molecule has 0 aromatic heterocycles. The monoisotopic (exact) mass is 516 g/mol. The van der Waals surface area contributed by atoms with E-state index in [1.165, 1.54) is 12.1 Å². The molecule has 38 heavy (non-hydrogen) atoms. The Morgan fingerprint density at radius 2 is 1.68 bits per heavy atom. The van der Waals surface area contributed by atoms with Crippen LogP contribution in [0.3, 0.4) is 0 Å². The number of carbonyl (C=O) groups excluding carboxylic acids is 2. The van der Waals surface area contributed by atoms with E-state index in [1.54, 1.807) is 47.2 Å². The van der Waals surface area contributed by atoms with Crippen molar-refractivity contribution >= 4 is 40.6 Å². The van der Waals surface area contributed by atoms with Crippen LogP contribution in [0.15, 0.2) is 71.7 Å². The lowest BCUT2D eigenvalue weighted by Gasteiger charge is -2.20. The summed E-state index contributed by atoms with van der Waals surface area (Å²) in [6, 6.07) is 18.6. The molecule has 3 aromatic rings. The molecule has 3 aromatic carbocycles. The third-order valence-corrected chi connectivity index (χ3v) is 6.31. The van der Waals surface area contributed by atoms with Crippen molar-refractivity contribution in [2.24, 2.45) is 4.99 Å². The Balaban J connectivity index is 1.70. The fourth-order valence-electron chi connectivity index (χ4n) is 4.31. The summed E-state index contributed by atoms with van der Waals surface area (Å²) in [6.07, 6.45) is 0.401. The van der Waals surface area contributed by atoms with Crippen molar-refractivity contribution in [3.05, 3.63) is 89.2 Å².